The summed E-state index contributed by atoms with van der Waals surface area (Å²) in [6.45, 7) is 6.89. The summed E-state index contributed by atoms with van der Waals surface area (Å²) < 4.78 is 1.75. The summed E-state index contributed by atoms with van der Waals surface area (Å²) in [6, 6.07) is 10.6. The van der Waals surface area contributed by atoms with Crippen molar-refractivity contribution >= 4 is 21.6 Å². The van der Waals surface area contributed by atoms with Gasteiger partial charge in [-0.1, -0.05) is 45.0 Å². The molecule has 0 unspecified atom stereocenters. The van der Waals surface area contributed by atoms with Crippen molar-refractivity contribution in [3.05, 3.63) is 51.4 Å². The van der Waals surface area contributed by atoms with Crippen LogP contribution in [-0.2, 0) is 13.0 Å². The lowest BCUT2D eigenvalue weighted by Gasteiger charge is -2.11. The molecule has 5 heteroatoms. The van der Waals surface area contributed by atoms with E-state index in [4.69, 9.17) is 10.2 Å². The highest BCUT2D eigenvalue weighted by atomic mass is 32.1. The van der Waals surface area contributed by atoms with Crippen molar-refractivity contribution in [2.75, 3.05) is 0 Å². The van der Waals surface area contributed by atoms with Crippen LogP contribution in [0.1, 0.15) is 50.9 Å². The largest absolute Gasteiger partial charge is 0.296 e. The Kier molecular flexibility index (Phi) is 5.53. The number of fused-ring (bicyclic) bond motifs is 1. The molecular weight excluding hydrogens is 342 g/mol. The zero-order chi connectivity index (χ0) is 18.7. The van der Waals surface area contributed by atoms with Gasteiger partial charge in [0.2, 0.25) is 0 Å². The molecule has 0 radical (unpaired) electrons. The smallest absolute Gasteiger partial charge is 0.262 e. The number of nitriles is 1. The van der Waals surface area contributed by atoms with E-state index in [0.29, 0.717) is 37.1 Å². The maximum atomic E-state index is 13.2. The minimum Gasteiger partial charge on any atom is -0.296 e. The molecule has 3 aromatic rings. The van der Waals surface area contributed by atoms with Gasteiger partial charge < -0.3 is 0 Å². The van der Waals surface area contributed by atoms with Crippen LogP contribution in [0.5, 0.6) is 0 Å². The highest BCUT2D eigenvalue weighted by Gasteiger charge is 2.16. The molecule has 0 saturated carbocycles. The fourth-order valence-corrected chi connectivity index (χ4v) is 4.10. The first-order valence-electron chi connectivity index (χ1n) is 9.05. The fourth-order valence-electron chi connectivity index (χ4n) is 3.14. The third-order valence-electron chi connectivity index (χ3n) is 4.65. The zero-order valence-electron chi connectivity index (χ0n) is 15.5. The van der Waals surface area contributed by atoms with Gasteiger partial charge in [0.05, 0.1) is 11.5 Å². The molecule has 0 fully saturated rings. The van der Waals surface area contributed by atoms with Crippen molar-refractivity contribution in [2.24, 2.45) is 0 Å². The molecule has 0 bridgehead atoms. The number of unbranched alkanes of at least 4 members (excludes halogenated alkanes) is 1. The number of hydrogen-bond acceptors (Lipinski definition) is 4. The quantitative estimate of drug-likeness (QED) is 0.570. The van der Waals surface area contributed by atoms with E-state index in [9.17, 15) is 4.79 Å². The van der Waals surface area contributed by atoms with Gasteiger partial charge in [-0.2, -0.15) is 5.26 Å². The Morgan fingerprint density at radius 1 is 1.27 bits per heavy atom. The molecule has 0 aliphatic rings. The number of aryl methyl sites for hydroxylation is 1. The second kappa shape index (κ2) is 7.84. The van der Waals surface area contributed by atoms with Crippen molar-refractivity contribution < 1.29 is 0 Å². The summed E-state index contributed by atoms with van der Waals surface area (Å²) in [5, 5.41) is 11.5. The topological polar surface area (TPSA) is 58.7 Å². The molecule has 134 valence electrons. The number of thiophene rings is 1. The molecule has 26 heavy (non-hydrogen) atoms. The molecule has 1 aromatic carbocycles. The summed E-state index contributed by atoms with van der Waals surface area (Å²) in [6.07, 6.45) is 1.81. The standard InChI is InChI=1S/C21H23N3OS/c1-4-18-23-20-19(21(25)24(18)12-6-5-11-22)17(13-26-20)16-9-7-15(8-10-16)14(2)3/h7-10,13-14H,4-6,12H2,1-3H3. The summed E-state index contributed by atoms with van der Waals surface area (Å²) in [5.41, 5.74) is 3.30. The normalized spacial score (nSPS) is 11.2. The third kappa shape index (κ3) is 3.42. The second-order valence-corrected chi connectivity index (χ2v) is 7.56. The average molecular weight is 366 g/mol. The third-order valence-corrected chi connectivity index (χ3v) is 5.52. The van der Waals surface area contributed by atoms with E-state index in [1.807, 2.05) is 12.3 Å². The van der Waals surface area contributed by atoms with E-state index in [0.717, 1.165) is 21.8 Å². The molecule has 2 aromatic heterocycles. The van der Waals surface area contributed by atoms with Crippen LogP contribution in [0.15, 0.2) is 34.4 Å². The Morgan fingerprint density at radius 3 is 2.62 bits per heavy atom. The van der Waals surface area contributed by atoms with Crippen LogP contribution < -0.4 is 5.56 Å². The number of aromatic nitrogens is 2. The van der Waals surface area contributed by atoms with Gasteiger partial charge in [-0.3, -0.25) is 9.36 Å². The lowest BCUT2D eigenvalue weighted by Crippen LogP contribution is -2.25. The van der Waals surface area contributed by atoms with Gasteiger partial charge >= 0.3 is 0 Å². The van der Waals surface area contributed by atoms with Gasteiger partial charge in [0.1, 0.15) is 10.7 Å². The van der Waals surface area contributed by atoms with E-state index >= 15 is 0 Å². The minimum absolute atomic E-state index is 0.00831. The van der Waals surface area contributed by atoms with Crippen molar-refractivity contribution in [1.29, 1.82) is 5.26 Å². The maximum absolute atomic E-state index is 13.2. The zero-order valence-corrected chi connectivity index (χ0v) is 16.3. The predicted molar refractivity (Wildman–Crippen MR) is 108 cm³/mol. The lowest BCUT2D eigenvalue weighted by atomic mass is 9.99. The Hall–Kier alpha value is -2.45. The Balaban J connectivity index is 2.12. The minimum atomic E-state index is 0.00831. The fraction of sp³-hybridized carbons (Fsp3) is 0.381. The SMILES string of the molecule is CCc1nc2scc(-c3ccc(C(C)C)cc3)c2c(=O)n1CCCC#N. The van der Waals surface area contributed by atoms with E-state index in [2.05, 4.69) is 44.2 Å². The van der Waals surface area contributed by atoms with Gasteiger partial charge in [0, 0.05) is 30.3 Å². The summed E-state index contributed by atoms with van der Waals surface area (Å²) in [5.74, 6) is 1.28. The lowest BCUT2D eigenvalue weighted by molar-refractivity contribution is 0.594. The van der Waals surface area contributed by atoms with Gasteiger partial charge in [0.25, 0.3) is 5.56 Å². The number of hydrogen-bond donors (Lipinski definition) is 0. The Bertz CT molecular complexity index is 1010. The highest BCUT2D eigenvalue weighted by molar-refractivity contribution is 7.17. The van der Waals surface area contributed by atoms with Crippen molar-refractivity contribution in [3.8, 4) is 17.2 Å². The summed E-state index contributed by atoms with van der Waals surface area (Å²) >= 11 is 1.52. The van der Waals surface area contributed by atoms with Crippen LogP contribution in [0.25, 0.3) is 21.3 Å². The molecule has 0 saturated heterocycles. The first-order chi connectivity index (χ1) is 12.6. The molecule has 4 nitrogen and oxygen atoms in total. The highest BCUT2D eigenvalue weighted by Crippen LogP contribution is 2.32. The molecule has 0 N–H and O–H groups in total. The second-order valence-electron chi connectivity index (χ2n) is 6.71. The molecule has 3 rings (SSSR count). The number of nitrogens with zero attached hydrogens (tertiary/aromatic N) is 3. The first kappa shape index (κ1) is 18.3. The van der Waals surface area contributed by atoms with Gasteiger partial charge in [0.15, 0.2) is 0 Å². The number of benzene rings is 1. The van der Waals surface area contributed by atoms with Crippen LogP contribution in [0, 0.1) is 11.3 Å². The van der Waals surface area contributed by atoms with E-state index in [-0.39, 0.29) is 5.56 Å². The van der Waals surface area contributed by atoms with Crippen LogP contribution >= 0.6 is 11.3 Å². The molecule has 0 spiro atoms. The van der Waals surface area contributed by atoms with Crippen LogP contribution in [0.3, 0.4) is 0 Å². The van der Waals surface area contributed by atoms with Crippen molar-refractivity contribution in [3.63, 3.8) is 0 Å². The van der Waals surface area contributed by atoms with Crippen LogP contribution in [0.2, 0.25) is 0 Å². The maximum Gasteiger partial charge on any atom is 0.262 e. The number of rotatable bonds is 6. The molecule has 0 amide bonds. The Morgan fingerprint density at radius 2 is 2.00 bits per heavy atom. The first-order valence-corrected chi connectivity index (χ1v) is 9.93. The van der Waals surface area contributed by atoms with E-state index in [1.165, 1.54) is 16.9 Å². The Labute approximate surface area is 157 Å². The molecule has 2 heterocycles. The van der Waals surface area contributed by atoms with Gasteiger partial charge in [-0.05, 0) is 23.5 Å². The van der Waals surface area contributed by atoms with Crippen LogP contribution in [-0.4, -0.2) is 9.55 Å². The summed E-state index contributed by atoms with van der Waals surface area (Å²) in [7, 11) is 0. The van der Waals surface area contributed by atoms with Gasteiger partial charge in [-0.15, -0.1) is 11.3 Å². The molecular formula is C21H23N3OS. The summed E-state index contributed by atoms with van der Waals surface area (Å²) in [4.78, 5) is 18.7. The van der Waals surface area contributed by atoms with E-state index < -0.39 is 0 Å². The van der Waals surface area contributed by atoms with E-state index in [1.54, 1.807) is 4.57 Å². The molecule has 0 atom stereocenters. The monoisotopic (exact) mass is 365 g/mol. The molecule has 0 aliphatic heterocycles. The average Bonchev–Trinajstić information content (AvgIpc) is 3.07. The molecule has 0 aliphatic carbocycles. The van der Waals surface area contributed by atoms with Gasteiger partial charge in [-0.25, -0.2) is 4.98 Å². The van der Waals surface area contributed by atoms with Crippen LogP contribution in [0.4, 0.5) is 0 Å². The van der Waals surface area contributed by atoms with Crippen molar-refractivity contribution in [2.45, 2.75) is 52.5 Å². The van der Waals surface area contributed by atoms with Crippen molar-refractivity contribution in [1.82, 2.24) is 9.55 Å². The predicted octanol–water partition coefficient (Wildman–Crippen LogP) is 5.11.